The standard InChI is InChI=1S/C16H19NS/c1-11(2)14-10-12-6-3-4-7-13(12)16(17-14)15-8-5-9-18-15/h3-9,11,14,16-17H,10H2,1-2H3. The SMILES string of the molecule is CC(C)C1Cc2ccccc2C(c2cccs2)N1. The van der Waals surface area contributed by atoms with Crippen LogP contribution >= 0.6 is 11.3 Å². The summed E-state index contributed by atoms with van der Waals surface area (Å²) in [5.41, 5.74) is 2.96. The highest BCUT2D eigenvalue weighted by Gasteiger charge is 2.28. The van der Waals surface area contributed by atoms with Crippen LogP contribution in [-0.2, 0) is 6.42 Å². The van der Waals surface area contributed by atoms with Gasteiger partial charge in [0.05, 0.1) is 6.04 Å². The van der Waals surface area contributed by atoms with Gasteiger partial charge in [0, 0.05) is 10.9 Å². The van der Waals surface area contributed by atoms with Crippen molar-refractivity contribution in [3.8, 4) is 0 Å². The number of hydrogen-bond donors (Lipinski definition) is 1. The van der Waals surface area contributed by atoms with Crippen LogP contribution in [0.2, 0.25) is 0 Å². The highest BCUT2D eigenvalue weighted by atomic mass is 32.1. The summed E-state index contributed by atoms with van der Waals surface area (Å²) in [6.45, 7) is 4.61. The molecule has 0 spiro atoms. The number of rotatable bonds is 2. The molecule has 1 nitrogen and oxygen atoms in total. The first kappa shape index (κ1) is 11.9. The summed E-state index contributed by atoms with van der Waals surface area (Å²) in [6.07, 6.45) is 1.15. The molecule has 1 aliphatic heterocycles. The zero-order valence-electron chi connectivity index (χ0n) is 10.9. The second-order valence-electron chi connectivity index (χ2n) is 5.37. The van der Waals surface area contributed by atoms with Gasteiger partial charge in [-0.05, 0) is 34.9 Å². The van der Waals surface area contributed by atoms with E-state index in [1.54, 1.807) is 0 Å². The van der Waals surface area contributed by atoms with Crippen LogP contribution < -0.4 is 5.32 Å². The van der Waals surface area contributed by atoms with Crippen molar-refractivity contribution in [1.29, 1.82) is 0 Å². The highest BCUT2D eigenvalue weighted by Crippen LogP contribution is 2.34. The summed E-state index contributed by atoms with van der Waals surface area (Å²) in [5.74, 6) is 0.667. The van der Waals surface area contributed by atoms with Crippen LogP contribution in [-0.4, -0.2) is 6.04 Å². The third-order valence-electron chi connectivity index (χ3n) is 3.82. The Balaban J connectivity index is 2.02. The number of thiophene rings is 1. The smallest absolute Gasteiger partial charge is 0.0676 e. The zero-order chi connectivity index (χ0) is 12.5. The monoisotopic (exact) mass is 257 g/mol. The van der Waals surface area contributed by atoms with Gasteiger partial charge in [0.15, 0.2) is 0 Å². The number of benzene rings is 1. The molecular formula is C16H19NS. The van der Waals surface area contributed by atoms with Crippen molar-refractivity contribution in [3.63, 3.8) is 0 Å². The van der Waals surface area contributed by atoms with E-state index >= 15 is 0 Å². The van der Waals surface area contributed by atoms with E-state index in [2.05, 4.69) is 60.9 Å². The minimum Gasteiger partial charge on any atom is -0.302 e. The normalized spacial score (nSPS) is 23.1. The average Bonchev–Trinajstić information content (AvgIpc) is 2.91. The van der Waals surface area contributed by atoms with E-state index in [1.807, 2.05) is 11.3 Å². The van der Waals surface area contributed by atoms with Crippen molar-refractivity contribution >= 4 is 11.3 Å². The summed E-state index contributed by atoms with van der Waals surface area (Å²) < 4.78 is 0. The van der Waals surface area contributed by atoms with E-state index in [0.717, 1.165) is 6.42 Å². The van der Waals surface area contributed by atoms with E-state index in [0.29, 0.717) is 18.0 Å². The Kier molecular flexibility index (Phi) is 3.23. The van der Waals surface area contributed by atoms with Gasteiger partial charge in [0.1, 0.15) is 0 Å². The average molecular weight is 257 g/mol. The van der Waals surface area contributed by atoms with Crippen LogP contribution in [0.25, 0.3) is 0 Å². The van der Waals surface area contributed by atoms with Crippen LogP contribution in [0.1, 0.15) is 35.9 Å². The largest absolute Gasteiger partial charge is 0.302 e. The third-order valence-corrected chi connectivity index (χ3v) is 4.76. The molecule has 2 unspecified atom stereocenters. The van der Waals surface area contributed by atoms with Gasteiger partial charge in [0.2, 0.25) is 0 Å². The zero-order valence-corrected chi connectivity index (χ0v) is 11.7. The Bertz CT molecular complexity index is 516. The van der Waals surface area contributed by atoms with Crippen molar-refractivity contribution in [3.05, 3.63) is 57.8 Å². The topological polar surface area (TPSA) is 12.0 Å². The van der Waals surface area contributed by atoms with E-state index in [-0.39, 0.29) is 0 Å². The van der Waals surface area contributed by atoms with Crippen molar-refractivity contribution in [1.82, 2.24) is 5.32 Å². The first-order valence-corrected chi connectivity index (χ1v) is 7.51. The minimum atomic E-state index is 0.377. The fraction of sp³-hybridized carbons (Fsp3) is 0.375. The third kappa shape index (κ3) is 2.11. The maximum Gasteiger partial charge on any atom is 0.0676 e. The van der Waals surface area contributed by atoms with Gasteiger partial charge in [0.25, 0.3) is 0 Å². The van der Waals surface area contributed by atoms with Crippen molar-refractivity contribution < 1.29 is 0 Å². The lowest BCUT2D eigenvalue weighted by Gasteiger charge is -2.35. The highest BCUT2D eigenvalue weighted by molar-refractivity contribution is 7.10. The first-order valence-electron chi connectivity index (χ1n) is 6.63. The van der Waals surface area contributed by atoms with E-state index in [9.17, 15) is 0 Å². The second-order valence-corrected chi connectivity index (χ2v) is 6.35. The van der Waals surface area contributed by atoms with Crippen LogP contribution in [0, 0.1) is 5.92 Å². The lowest BCUT2D eigenvalue weighted by atomic mass is 9.85. The molecule has 0 bridgehead atoms. The van der Waals surface area contributed by atoms with Crippen molar-refractivity contribution in [2.45, 2.75) is 32.4 Å². The quantitative estimate of drug-likeness (QED) is 0.857. The van der Waals surface area contributed by atoms with Gasteiger partial charge in [-0.2, -0.15) is 0 Å². The number of fused-ring (bicyclic) bond motifs is 1. The van der Waals surface area contributed by atoms with Crippen LogP contribution in [0.3, 0.4) is 0 Å². The molecule has 1 aliphatic rings. The van der Waals surface area contributed by atoms with Crippen LogP contribution in [0.5, 0.6) is 0 Å². The maximum atomic E-state index is 3.82. The molecular weight excluding hydrogens is 238 g/mol. The van der Waals surface area contributed by atoms with Crippen molar-refractivity contribution in [2.24, 2.45) is 5.92 Å². The molecule has 94 valence electrons. The van der Waals surface area contributed by atoms with Gasteiger partial charge in [-0.3, -0.25) is 0 Å². The first-order chi connectivity index (χ1) is 8.75. The second kappa shape index (κ2) is 4.87. The molecule has 3 rings (SSSR count). The lowest BCUT2D eigenvalue weighted by Crippen LogP contribution is -2.42. The Labute approximate surface area is 113 Å². The van der Waals surface area contributed by atoms with Crippen molar-refractivity contribution in [2.75, 3.05) is 0 Å². The molecule has 0 saturated carbocycles. The summed E-state index contributed by atoms with van der Waals surface area (Å²) >= 11 is 1.84. The maximum absolute atomic E-state index is 3.82. The van der Waals surface area contributed by atoms with E-state index in [1.165, 1.54) is 16.0 Å². The van der Waals surface area contributed by atoms with Gasteiger partial charge in [-0.25, -0.2) is 0 Å². The molecule has 2 heteroatoms. The molecule has 1 aromatic heterocycles. The summed E-state index contributed by atoms with van der Waals surface area (Å²) in [5, 5.41) is 5.99. The molecule has 2 heterocycles. The fourth-order valence-electron chi connectivity index (χ4n) is 2.72. The molecule has 18 heavy (non-hydrogen) atoms. The van der Waals surface area contributed by atoms with Crippen LogP contribution in [0.15, 0.2) is 41.8 Å². The van der Waals surface area contributed by atoms with E-state index < -0.39 is 0 Å². The van der Waals surface area contributed by atoms with Gasteiger partial charge >= 0.3 is 0 Å². The summed E-state index contributed by atoms with van der Waals surface area (Å²) in [7, 11) is 0. The fourth-order valence-corrected chi connectivity index (χ4v) is 3.52. The molecule has 0 radical (unpaired) electrons. The Hall–Kier alpha value is -1.12. The summed E-state index contributed by atoms with van der Waals surface area (Å²) in [4.78, 5) is 1.42. The minimum absolute atomic E-state index is 0.377. The van der Waals surface area contributed by atoms with Gasteiger partial charge in [-0.1, -0.05) is 44.2 Å². The Morgan fingerprint density at radius 1 is 1.17 bits per heavy atom. The molecule has 1 aromatic carbocycles. The molecule has 0 saturated heterocycles. The molecule has 0 aliphatic carbocycles. The predicted molar refractivity (Wildman–Crippen MR) is 78.1 cm³/mol. The number of nitrogens with one attached hydrogen (secondary N) is 1. The number of hydrogen-bond acceptors (Lipinski definition) is 2. The molecule has 2 aromatic rings. The molecule has 0 amide bonds. The molecule has 1 N–H and O–H groups in total. The lowest BCUT2D eigenvalue weighted by molar-refractivity contribution is 0.354. The van der Waals surface area contributed by atoms with Gasteiger partial charge < -0.3 is 5.32 Å². The molecule has 0 fully saturated rings. The summed E-state index contributed by atoms with van der Waals surface area (Å²) in [6, 6.07) is 14.2. The Morgan fingerprint density at radius 3 is 2.72 bits per heavy atom. The van der Waals surface area contributed by atoms with E-state index in [4.69, 9.17) is 0 Å². The van der Waals surface area contributed by atoms with Gasteiger partial charge in [-0.15, -0.1) is 11.3 Å². The molecule has 2 atom stereocenters. The van der Waals surface area contributed by atoms with Crippen LogP contribution in [0.4, 0.5) is 0 Å². The predicted octanol–water partition coefficient (Wildman–Crippen LogP) is 4.01. The Morgan fingerprint density at radius 2 is 2.00 bits per heavy atom.